The standard InChI is InChI=1S/C15H23N5O2S/c1-11(20(3)4)13-14(18-10-17-6-7-22-5)12(8-21)23-15(13)19-9-16-2/h8-10H,6-7H2,1-5H3,(H,17,18)/b13-11+,16-9?,19-15?. The molecular weight excluding hydrogens is 314 g/mol. The first-order valence-electron chi connectivity index (χ1n) is 7.05. The largest absolute Gasteiger partial charge is 0.383 e. The van der Waals surface area contributed by atoms with Crippen LogP contribution in [-0.2, 0) is 9.53 Å². The average Bonchev–Trinajstić information content (AvgIpc) is 2.89. The molecule has 0 saturated carbocycles. The smallest absolute Gasteiger partial charge is 0.158 e. The third-order valence-corrected chi connectivity index (χ3v) is 4.09. The summed E-state index contributed by atoms with van der Waals surface area (Å²) in [6.45, 7) is 3.08. The van der Waals surface area contributed by atoms with Gasteiger partial charge in [-0.25, -0.2) is 4.99 Å². The van der Waals surface area contributed by atoms with Gasteiger partial charge < -0.3 is 15.0 Å². The first-order valence-corrected chi connectivity index (χ1v) is 7.86. The zero-order valence-corrected chi connectivity index (χ0v) is 15.0. The van der Waals surface area contributed by atoms with Crippen molar-refractivity contribution in [1.29, 1.82) is 0 Å². The van der Waals surface area contributed by atoms with Gasteiger partial charge in [0.1, 0.15) is 11.4 Å². The second-order valence-electron chi connectivity index (χ2n) is 4.79. The third kappa shape index (κ3) is 5.33. The number of hydrogen-bond donors (Lipinski definition) is 1. The zero-order chi connectivity index (χ0) is 17.2. The second kappa shape index (κ2) is 9.96. The number of methoxy groups -OCH3 is 1. The molecule has 126 valence electrons. The molecule has 0 atom stereocenters. The zero-order valence-electron chi connectivity index (χ0n) is 14.2. The van der Waals surface area contributed by atoms with Crippen molar-refractivity contribution in [3.8, 4) is 0 Å². The van der Waals surface area contributed by atoms with Gasteiger partial charge in [-0.3, -0.25) is 14.8 Å². The molecule has 8 heteroatoms. The molecule has 0 bridgehead atoms. The Labute approximate surface area is 141 Å². The minimum absolute atomic E-state index is 0.547. The average molecular weight is 337 g/mol. The molecule has 7 nitrogen and oxygen atoms in total. The van der Waals surface area contributed by atoms with Gasteiger partial charge in [-0.2, -0.15) is 0 Å². The maximum atomic E-state index is 11.4. The van der Waals surface area contributed by atoms with Crippen LogP contribution in [0.4, 0.5) is 0 Å². The van der Waals surface area contributed by atoms with Crippen LogP contribution in [0, 0.1) is 0 Å². The van der Waals surface area contributed by atoms with Crippen molar-refractivity contribution < 1.29 is 9.53 Å². The van der Waals surface area contributed by atoms with Crippen LogP contribution >= 0.6 is 11.8 Å². The summed E-state index contributed by atoms with van der Waals surface area (Å²) in [6.07, 6.45) is 3.88. The lowest BCUT2D eigenvalue weighted by atomic mass is 10.1. The normalized spacial score (nSPS) is 19.3. The van der Waals surface area contributed by atoms with E-state index in [-0.39, 0.29) is 0 Å². The molecule has 1 aliphatic heterocycles. The molecule has 0 aliphatic carbocycles. The van der Waals surface area contributed by atoms with Crippen molar-refractivity contribution in [3.05, 3.63) is 21.9 Å². The first-order chi connectivity index (χ1) is 11.1. The maximum absolute atomic E-state index is 11.4. The van der Waals surface area contributed by atoms with Gasteiger partial charge in [0.05, 0.1) is 35.7 Å². The lowest BCUT2D eigenvalue weighted by molar-refractivity contribution is -0.104. The summed E-state index contributed by atoms with van der Waals surface area (Å²) in [5.74, 6) is 0. The van der Waals surface area contributed by atoms with Crippen molar-refractivity contribution >= 4 is 35.8 Å². The number of nitrogens with zero attached hydrogens (tertiary/aromatic N) is 4. The van der Waals surface area contributed by atoms with Gasteiger partial charge in [0, 0.05) is 33.9 Å². The van der Waals surface area contributed by atoms with E-state index in [0.717, 1.165) is 22.6 Å². The van der Waals surface area contributed by atoms with Crippen LogP contribution in [-0.4, -0.2) is 70.3 Å². The number of rotatable bonds is 8. The summed E-state index contributed by atoms with van der Waals surface area (Å²) in [5.41, 5.74) is 2.58. The van der Waals surface area contributed by atoms with Crippen LogP contribution in [0.15, 0.2) is 36.8 Å². The summed E-state index contributed by atoms with van der Waals surface area (Å²) >= 11 is 1.32. The van der Waals surface area contributed by atoms with E-state index in [4.69, 9.17) is 4.74 Å². The van der Waals surface area contributed by atoms with Crippen molar-refractivity contribution in [2.75, 3.05) is 41.4 Å². The number of hydrogen-bond acceptors (Lipinski definition) is 6. The number of thioether (sulfide) groups is 1. The number of carbonyl (C=O) groups is 1. The summed E-state index contributed by atoms with van der Waals surface area (Å²) < 4.78 is 4.94. The minimum atomic E-state index is 0.547. The Morgan fingerprint density at radius 3 is 2.74 bits per heavy atom. The SMILES string of the molecule is CN=CN=C1SC(C=O)=C(NC=NCCOC)/C1=C(/C)N(C)C. The predicted molar refractivity (Wildman–Crippen MR) is 97.3 cm³/mol. The summed E-state index contributed by atoms with van der Waals surface area (Å²) in [5, 5.41) is 3.84. The Morgan fingerprint density at radius 2 is 2.17 bits per heavy atom. The Balaban J connectivity index is 3.17. The van der Waals surface area contributed by atoms with Crippen LogP contribution in [0.2, 0.25) is 0 Å². The van der Waals surface area contributed by atoms with E-state index < -0.39 is 0 Å². The quantitative estimate of drug-likeness (QED) is 0.313. The monoisotopic (exact) mass is 337 g/mol. The van der Waals surface area contributed by atoms with E-state index in [9.17, 15) is 4.79 Å². The molecule has 1 heterocycles. The van der Waals surface area contributed by atoms with E-state index in [1.54, 1.807) is 20.5 Å². The van der Waals surface area contributed by atoms with Gasteiger partial charge in [-0.15, -0.1) is 0 Å². The summed E-state index contributed by atoms with van der Waals surface area (Å²) in [4.78, 5) is 26.4. The molecule has 0 radical (unpaired) electrons. The van der Waals surface area contributed by atoms with Crippen molar-refractivity contribution in [2.45, 2.75) is 6.92 Å². The molecule has 1 N–H and O–H groups in total. The Hall–Kier alpha value is -1.93. The Bertz CT molecular complexity index is 576. The van der Waals surface area contributed by atoms with Crippen LogP contribution in [0.5, 0.6) is 0 Å². The van der Waals surface area contributed by atoms with E-state index in [1.807, 2.05) is 25.9 Å². The fourth-order valence-electron chi connectivity index (χ4n) is 1.74. The number of allylic oxidation sites excluding steroid dienone is 3. The number of aliphatic imine (C=N–C) groups is 3. The molecule has 23 heavy (non-hydrogen) atoms. The molecule has 0 saturated heterocycles. The molecule has 0 fully saturated rings. The molecule has 0 aromatic heterocycles. The van der Waals surface area contributed by atoms with E-state index in [0.29, 0.717) is 23.8 Å². The molecule has 0 aromatic rings. The van der Waals surface area contributed by atoms with Crippen molar-refractivity contribution in [3.63, 3.8) is 0 Å². The summed E-state index contributed by atoms with van der Waals surface area (Å²) in [6, 6.07) is 0. The molecule has 0 aromatic carbocycles. The lowest BCUT2D eigenvalue weighted by Gasteiger charge is -2.18. The van der Waals surface area contributed by atoms with Gasteiger partial charge in [-0.1, -0.05) is 11.8 Å². The van der Waals surface area contributed by atoms with Gasteiger partial charge in [-0.05, 0) is 6.92 Å². The fourth-order valence-corrected chi connectivity index (χ4v) is 2.71. The molecule has 0 amide bonds. The van der Waals surface area contributed by atoms with Gasteiger partial charge >= 0.3 is 0 Å². The highest BCUT2D eigenvalue weighted by molar-refractivity contribution is 8.18. The van der Waals surface area contributed by atoms with E-state index in [1.165, 1.54) is 18.1 Å². The van der Waals surface area contributed by atoms with Crippen LogP contribution in [0.3, 0.4) is 0 Å². The molecular formula is C15H23N5O2S. The topological polar surface area (TPSA) is 78.7 Å². The molecule has 0 unspecified atom stereocenters. The highest BCUT2D eigenvalue weighted by Crippen LogP contribution is 2.37. The van der Waals surface area contributed by atoms with Gasteiger partial charge in [0.15, 0.2) is 6.29 Å². The number of carbonyl (C=O) groups excluding carboxylic acids is 1. The fraction of sp³-hybridized carbons (Fsp3) is 0.467. The second-order valence-corrected chi connectivity index (χ2v) is 5.82. The third-order valence-electron chi connectivity index (χ3n) is 3.07. The summed E-state index contributed by atoms with van der Waals surface area (Å²) in [7, 11) is 7.17. The van der Waals surface area contributed by atoms with Gasteiger partial charge in [0.2, 0.25) is 0 Å². The molecule has 1 rings (SSSR count). The lowest BCUT2D eigenvalue weighted by Crippen LogP contribution is -2.20. The van der Waals surface area contributed by atoms with Crippen LogP contribution in [0.1, 0.15) is 6.92 Å². The Kier molecular flexibility index (Phi) is 8.28. The molecule has 0 spiro atoms. The van der Waals surface area contributed by atoms with Crippen molar-refractivity contribution in [2.24, 2.45) is 15.0 Å². The van der Waals surface area contributed by atoms with Crippen LogP contribution in [0.25, 0.3) is 0 Å². The van der Waals surface area contributed by atoms with Gasteiger partial charge in [0.25, 0.3) is 0 Å². The highest BCUT2D eigenvalue weighted by atomic mass is 32.2. The predicted octanol–water partition coefficient (Wildman–Crippen LogP) is 1.30. The van der Waals surface area contributed by atoms with E-state index in [2.05, 4.69) is 20.3 Å². The van der Waals surface area contributed by atoms with Crippen LogP contribution < -0.4 is 5.32 Å². The highest BCUT2D eigenvalue weighted by Gasteiger charge is 2.29. The van der Waals surface area contributed by atoms with E-state index >= 15 is 0 Å². The first kappa shape index (κ1) is 19.1. The van der Waals surface area contributed by atoms with Crippen molar-refractivity contribution in [1.82, 2.24) is 10.2 Å². The number of ether oxygens (including phenoxy) is 1. The Morgan fingerprint density at radius 1 is 1.43 bits per heavy atom. The minimum Gasteiger partial charge on any atom is -0.383 e. The molecule has 1 aliphatic rings. The number of nitrogens with one attached hydrogen (secondary N) is 1. The number of aldehydes is 1. The maximum Gasteiger partial charge on any atom is 0.158 e.